The second-order valence-corrected chi connectivity index (χ2v) is 8.51. The molecule has 148 valence electrons. The molecule has 1 saturated carbocycles. The van der Waals surface area contributed by atoms with Crippen molar-refractivity contribution in [1.29, 1.82) is 5.26 Å². The number of hydrogen-bond donors (Lipinski definition) is 1. The van der Waals surface area contributed by atoms with Crippen LogP contribution in [0.2, 0.25) is 0 Å². The fourth-order valence-electron chi connectivity index (χ4n) is 4.99. The van der Waals surface area contributed by atoms with Gasteiger partial charge >= 0.3 is 0 Å². The number of amides is 2. The topological polar surface area (TPSA) is 84.6 Å². The molecule has 3 fully saturated rings. The highest BCUT2D eigenvalue weighted by Gasteiger charge is 2.47. The lowest BCUT2D eigenvalue weighted by Gasteiger charge is -2.50. The summed E-state index contributed by atoms with van der Waals surface area (Å²) in [4.78, 5) is 29.4. The number of nitrogens with zero attached hydrogens (tertiary/aromatic N) is 3. The Morgan fingerprint density at radius 2 is 1.64 bits per heavy atom. The zero-order valence-electron chi connectivity index (χ0n) is 16.1. The minimum Gasteiger partial charge on any atom is -0.389 e. The first kappa shape index (κ1) is 18.9. The van der Waals surface area contributed by atoms with Gasteiger partial charge in [-0.3, -0.25) is 9.59 Å². The lowest BCUT2D eigenvalue weighted by atomic mass is 9.75. The Balaban J connectivity index is 1.44. The largest absolute Gasteiger partial charge is 0.389 e. The smallest absolute Gasteiger partial charge is 0.253 e. The van der Waals surface area contributed by atoms with Crippen LogP contribution in [0.25, 0.3) is 0 Å². The maximum Gasteiger partial charge on any atom is 0.253 e. The molecule has 0 bridgehead atoms. The van der Waals surface area contributed by atoms with Crippen LogP contribution in [0.5, 0.6) is 0 Å². The van der Waals surface area contributed by atoms with E-state index in [1.165, 1.54) is 0 Å². The molecule has 2 aliphatic heterocycles. The highest BCUT2D eigenvalue weighted by molar-refractivity contribution is 5.94. The number of nitriles is 1. The van der Waals surface area contributed by atoms with E-state index in [1.807, 2.05) is 4.90 Å². The molecular weight excluding hydrogens is 354 g/mol. The highest BCUT2D eigenvalue weighted by atomic mass is 16.3. The van der Waals surface area contributed by atoms with Gasteiger partial charge in [0.2, 0.25) is 5.91 Å². The third-order valence-electron chi connectivity index (χ3n) is 6.83. The third kappa shape index (κ3) is 3.51. The minimum atomic E-state index is -0.784. The van der Waals surface area contributed by atoms with Crippen molar-refractivity contribution in [2.24, 2.45) is 11.8 Å². The Kier molecular flexibility index (Phi) is 5.11. The Morgan fingerprint density at radius 3 is 2.29 bits per heavy atom. The van der Waals surface area contributed by atoms with Gasteiger partial charge in [-0.25, -0.2) is 0 Å². The predicted molar refractivity (Wildman–Crippen MR) is 103 cm³/mol. The number of hydrogen-bond acceptors (Lipinski definition) is 4. The molecule has 6 nitrogen and oxygen atoms in total. The number of carbonyl (C=O) groups is 2. The maximum atomic E-state index is 12.9. The van der Waals surface area contributed by atoms with Crippen molar-refractivity contribution < 1.29 is 14.7 Å². The first-order chi connectivity index (χ1) is 13.5. The van der Waals surface area contributed by atoms with E-state index in [9.17, 15) is 14.7 Å². The summed E-state index contributed by atoms with van der Waals surface area (Å²) < 4.78 is 0. The third-order valence-corrected chi connectivity index (χ3v) is 6.83. The van der Waals surface area contributed by atoms with E-state index in [0.717, 1.165) is 25.7 Å². The number of rotatable bonds is 2. The van der Waals surface area contributed by atoms with E-state index >= 15 is 0 Å². The molecule has 4 rings (SSSR count). The molecule has 1 aromatic rings. The van der Waals surface area contributed by atoms with Crippen LogP contribution in [0.15, 0.2) is 24.3 Å². The summed E-state index contributed by atoms with van der Waals surface area (Å²) in [7, 11) is 0. The number of aliphatic hydroxyl groups is 1. The van der Waals surface area contributed by atoms with Crippen LogP contribution in [0.1, 0.15) is 54.4 Å². The van der Waals surface area contributed by atoms with Crippen LogP contribution in [0, 0.1) is 23.2 Å². The monoisotopic (exact) mass is 381 g/mol. The van der Waals surface area contributed by atoms with E-state index in [-0.39, 0.29) is 23.7 Å². The van der Waals surface area contributed by atoms with Crippen LogP contribution >= 0.6 is 0 Å². The maximum absolute atomic E-state index is 12.9. The average Bonchev–Trinajstić information content (AvgIpc) is 3.27. The van der Waals surface area contributed by atoms with Gasteiger partial charge in [0.15, 0.2) is 0 Å². The van der Waals surface area contributed by atoms with Crippen molar-refractivity contribution in [2.75, 3.05) is 26.2 Å². The summed E-state index contributed by atoms with van der Waals surface area (Å²) >= 11 is 0. The molecule has 0 unspecified atom stereocenters. The van der Waals surface area contributed by atoms with Crippen LogP contribution in [0.4, 0.5) is 0 Å². The Morgan fingerprint density at radius 1 is 1.04 bits per heavy atom. The molecule has 3 aliphatic rings. The summed E-state index contributed by atoms with van der Waals surface area (Å²) in [6, 6.07) is 8.71. The second kappa shape index (κ2) is 7.56. The quantitative estimate of drug-likeness (QED) is 0.851. The molecule has 0 radical (unpaired) electrons. The zero-order valence-corrected chi connectivity index (χ0v) is 16.1. The molecule has 1 aliphatic carbocycles. The summed E-state index contributed by atoms with van der Waals surface area (Å²) in [5, 5.41) is 20.0. The van der Waals surface area contributed by atoms with Gasteiger partial charge in [-0.1, -0.05) is 12.8 Å². The second-order valence-electron chi connectivity index (χ2n) is 8.51. The molecule has 2 atom stereocenters. The highest BCUT2D eigenvalue weighted by Crippen LogP contribution is 2.37. The first-order valence-corrected chi connectivity index (χ1v) is 10.3. The lowest BCUT2D eigenvalue weighted by Crippen LogP contribution is -2.61. The van der Waals surface area contributed by atoms with Crippen molar-refractivity contribution in [2.45, 2.75) is 44.1 Å². The van der Waals surface area contributed by atoms with Crippen molar-refractivity contribution in [1.82, 2.24) is 9.80 Å². The van der Waals surface area contributed by atoms with Gasteiger partial charge < -0.3 is 14.9 Å². The minimum absolute atomic E-state index is 0.0780. The van der Waals surface area contributed by atoms with Crippen molar-refractivity contribution >= 4 is 11.8 Å². The normalized spacial score (nSPS) is 27.9. The van der Waals surface area contributed by atoms with Gasteiger partial charge in [-0.15, -0.1) is 0 Å². The zero-order chi connectivity index (χ0) is 19.7. The molecular formula is C22H27N3O3. The number of likely N-dealkylation sites (tertiary alicyclic amines) is 2. The van der Waals surface area contributed by atoms with Gasteiger partial charge in [0.05, 0.1) is 17.2 Å². The van der Waals surface area contributed by atoms with E-state index in [1.54, 1.807) is 29.2 Å². The Hall–Kier alpha value is -2.39. The SMILES string of the molecule is N#Cc1ccc(C(=O)N2CC[C@@]3(O)CCN(C(=O)C4CCCC4)C[C@H]3C2)cc1. The average molecular weight is 381 g/mol. The molecule has 1 aromatic carbocycles. The summed E-state index contributed by atoms with van der Waals surface area (Å²) in [6.07, 6.45) is 5.36. The Labute approximate surface area is 165 Å². The molecule has 0 spiro atoms. The molecule has 6 heteroatoms. The first-order valence-electron chi connectivity index (χ1n) is 10.3. The fourth-order valence-corrected chi connectivity index (χ4v) is 4.99. The van der Waals surface area contributed by atoms with Crippen LogP contribution in [-0.4, -0.2) is 58.5 Å². The molecule has 1 N–H and O–H groups in total. The van der Waals surface area contributed by atoms with E-state index in [0.29, 0.717) is 50.1 Å². The van der Waals surface area contributed by atoms with Crippen LogP contribution < -0.4 is 0 Å². The van der Waals surface area contributed by atoms with Crippen LogP contribution in [-0.2, 0) is 4.79 Å². The fraction of sp³-hybridized carbons (Fsp3) is 0.591. The Bertz CT molecular complexity index is 794. The molecule has 2 amide bonds. The molecule has 2 saturated heterocycles. The number of fused-ring (bicyclic) bond motifs is 1. The van der Waals surface area contributed by atoms with Crippen molar-refractivity contribution in [3.05, 3.63) is 35.4 Å². The summed E-state index contributed by atoms with van der Waals surface area (Å²) in [5.41, 5.74) is 0.297. The van der Waals surface area contributed by atoms with Gasteiger partial charge in [-0.05, 0) is 49.9 Å². The number of piperidine rings is 2. The van der Waals surface area contributed by atoms with E-state index in [2.05, 4.69) is 6.07 Å². The lowest BCUT2D eigenvalue weighted by molar-refractivity contribution is -0.148. The summed E-state index contributed by atoms with van der Waals surface area (Å²) in [5.74, 6) is 0.190. The molecule has 28 heavy (non-hydrogen) atoms. The standard InChI is InChI=1S/C22H27N3O3/c23-13-16-5-7-18(8-6-16)21(27)25-12-10-22(28)9-11-24(14-19(22)15-25)20(26)17-3-1-2-4-17/h5-8,17,19,28H,1-4,9-12,14-15H2/t19-,22-/m0/s1. The van der Waals surface area contributed by atoms with Crippen molar-refractivity contribution in [3.8, 4) is 6.07 Å². The number of carbonyl (C=O) groups excluding carboxylic acids is 2. The molecule has 2 heterocycles. The molecule has 0 aromatic heterocycles. The van der Waals surface area contributed by atoms with Gasteiger partial charge in [-0.2, -0.15) is 5.26 Å². The van der Waals surface area contributed by atoms with E-state index < -0.39 is 5.60 Å². The predicted octanol–water partition coefficient (Wildman–Crippen LogP) is 2.17. The van der Waals surface area contributed by atoms with Gasteiger partial charge in [0.1, 0.15) is 0 Å². The van der Waals surface area contributed by atoms with Gasteiger partial charge in [0.25, 0.3) is 5.91 Å². The van der Waals surface area contributed by atoms with Crippen LogP contribution in [0.3, 0.4) is 0 Å². The van der Waals surface area contributed by atoms with Gasteiger partial charge in [0, 0.05) is 43.6 Å². The van der Waals surface area contributed by atoms with E-state index in [4.69, 9.17) is 5.26 Å². The number of benzene rings is 1. The summed E-state index contributed by atoms with van der Waals surface area (Å²) in [6.45, 7) is 2.13. The van der Waals surface area contributed by atoms with Crippen molar-refractivity contribution in [3.63, 3.8) is 0 Å².